The van der Waals surface area contributed by atoms with Gasteiger partial charge in [-0.25, -0.2) is 0 Å². The van der Waals surface area contributed by atoms with Crippen LogP contribution in [0.1, 0.15) is 11.8 Å². The third-order valence-electron chi connectivity index (χ3n) is 1.51. The Hall–Kier alpha value is -0.550. The smallest absolute Gasteiger partial charge is 0.308 e. The first kappa shape index (κ1) is 11.5. The SMILES string of the molecule is COc1cc(CCBr)sc1OC(C)=O. The highest BCUT2D eigenvalue weighted by Crippen LogP contribution is 2.37. The van der Waals surface area contributed by atoms with Gasteiger partial charge in [0.25, 0.3) is 0 Å². The number of hydrogen-bond donors (Lipinski definition) is 0. The molecule has 78 valence electrons. The normalized spacial score (nSPS) is 9.93. The van der Waals surface area contributed by atoms with Crippen molar-refractivity contribution in [1.29, 1.82) is 0 Å². The molecule has 0 N–H and O–H groups in total. The standard InChI is InChI=1S/C9H11BrO3S/c1-6(11)13-9-8(12-2)5-7(14-9)3-4-10/h5H,3-4H2,1-2H3. The van der Waals surface area contributed by atoms with Crippen LogP contribution in [0.25, 0.3) is 0 Å². The topological polar surface area (TPSA) is 35.5 Å². The summed E-state index contributed by atoms with van der Waals surface area (Å²) in [7, 11) is 1.56. The molecular formula is C9H11BrO3S. The maximum Gasteiger partial charge on any atom is 0.308 e. The van der Waals surface area contributed by atoms with Crippen LogP contribution in [0.5, 0.6) is 10.8 Å². The summed E-state index contributed by atoms with van der Waals surface area (Å²) in [4.78, 5) is 11.9. The first-order valence-electron chi connectivity index (χ1n) is 4.08. The minimum atomic E-state index is -0.324. The van der Waals surface area contributed by atoms with E-state index in [1.165, 1.54) is 18.3 Å². The van der Waals surface area contributed by atoms with Gasteiger partial charge in [0.05, 0.1) is 7.11 Å². The van der Waals surface area contributed by atoms with Gasteiger partial charge >= 0.3 is 5.97 Å². The molecule has 0 aliphatic carbocycles. The van der Waals surface area contributed by atoms with E-state index in [0.29, 0.717) is 10.8 Å². The molecule has 0 unspecified atom stereocenters. The van der Waals surface area contributed by atoms with Gasteiger partial charge < -0.3 is 9.47 Å². The monoisotopic (exact) mass is 278 g/mol. The molecule has 0 aromatic carbocycles. The van der Waals surface area contributed by atoms with Crippen molar-refractivity contribution in [2.24, 2.45) is 0 Å². The lowest BCUT2D eigenvalue weighted by atomic mass is 10.4. The molecule has 0 bridgehead atoms. The van der Waals surface area contributed by atoms with E-state index in [4.69, 9.17) is 9.47 Å². The Morgan fingerprint density at radius 1 is 1.64 bits per heavy atom. The highest BCUT2D eigenvalue weighted by Gasteiger charge is 2.12. The van der Waals surface area contributed by atoms with Crippen molar-refractivity contribution in [3.8, 4) is 10.8 Å². The first-order valence-corrected chi connectivity index (χ1v) is 6.02. The molecule has 1 heterocycles. The first-order chi connectivity index (χ1) is 6.67. The molecule has 0 radical (unpaired) electrons. The van der Waals surface area contributed by atoms with Crippen molar-refractivity contribution in [1.82, 2.24) is 0 Å². The van der Waals surface area contributed by atoms with E-state index >= 15 is 0 Å². The lowest BCUT2D eigenvalue weighted by Gasteiger charge is -1.99. The molecule has 14 heavy (non-hydrogen) atoms. The average molecular weight is 279 g/mol. The van der Waals surface area contributed by atoms with E-state index < -0.39 is 0 Å². The zero-order valence-electron chi connectivity index (χ0n) is 8.00. The van der Waals surface area contributed by atoms with Gasteiger partial charge in [-0.2, -0.15) is 0 Å². The molecule has 3 nitrogen and oxygen atoms in total. The number of esters is 1. The van der Waals surface area contributed by atoms with Gasteiger partial charge in [0, 0.05) is 17.1 Å². The number of thiophene rings is 1. The maximum atomic E-state index is 10.8. The van der Waals surface area contributed by atoms with Gasteiger partial charge in [-0.15, -0.1) is 0 Å². The Labute approximate surface area is 95.2 Å². The van der Waals surface area contributed by atoms with Crippen molar-refractivity contribution in [2.45, 2.75) is 13.3 Å². The van der Waals surface area contributed by atoms with Crippen LogP contribution in [0.3, 0.4) is 0 Å². The van der Waals surface area contributed by atoms with Crippen LogP contribution in [0, 0.1) is 0 Å². The van der Waals surface area contributed by atoms with Gasteiger partial charge in [0.15, 0.2) is 5.75 Å². The molecule has 1 aromatic heterocycles. The zero-order chi connectivity index (χ0) is 10.6. The molecule has 1 rings (SSSR count). The molecule has 1 aromatic rings. The Morgan fingerprint density at radius 3 is 2.86 bits per heavy atom. The second kappa shape index (κ2) is 5.36. The zero-order valence-corrected chi connectivity index (χ0v) is 10.4. The third kappa shape index (κ3) is 2.99. The summed E-state index contributed by atoms with van der Waals surface area (Å²) in [5, 5.41) is 1.42. The van der Waals surface area contributed by atoms with Gasteiger partial charge in [0.2, 0.25) is 5.06 Å². The summed E-state index contributed by atoms with van der Waals surface area (Å²) in [6, 6.07) is 1.89. The fourth-order valence-electron chi connectivity index (χ4n) is 0.964. The quantitative estimate of drug-likeness (QED) is 0.628. The number of halogens is 1. The predicted octanol–water partition coefficient (Wildman–Crippen LogP) is 2.62. The summed E-state index contributed by atoms with van der Waals surface area (Å²) in [6.07, 6.45) is 0.905. The summed E-state index contributed by atoms with van der Waals surface area (Å²) < 4.78 is 10.1. The van der Waals surface area contributed by atoms with Crippen molar-refractivity contribution >= 4 is 33.2 Å². The number of alkyl halides is 1. The van der Waals surface area contributed by atoms with E-state index in [1.807, 2.05) is 6.07 Å². The Balaban J connectivity index is 2.84. The Bertz CT molecular complexity index is 322. The van der Waals surface area contributed by atoms with E-state index in [2.05, 4.69) is 15.9 Å². The fourth-order valence-corrected chi connectivity index (χ4v) is 2.66. The molecule has 0 saturated heterocycles. The molecule has 5 heteroatoms. The van der Waals surface area contributed by atoms with E-state index in [1.54, 1.807) is 7.11 Å². The van der Waals surface area contributed by atoms with E-state index in [0.717, 1.165) is 16.6 Å². The van der Waals surface area contributed by atoms with Crippen LogP contribution in [-0.2, 0) is 11.2 Å². The number of rotatable bonds is 4. The highest BCUT2D eigenvalue weighted by atomic mass is 79.9. The molecule has 0 fully saturated rings. The van der Waals surface area contributed by atoms with Crippen LogP contribution >= 0.6 is 27.3 Å². The number of hydrogen-bond acceptors (Lipinski definition) is 4. The maximum absolute atomic E-state index is 10.8. The van der Waals surface area contributed by atoms with E-state index in [9.17, 15) is 4.79 Å². The largest absolute Gasteiger partial charge is 0.492 e. The summed E-state index contributed by atoms with van der Waals surface area (Å²) in [5.74, 6) is 0.302. The van der Waals surface area contributed by atoms with Gasteiger partial charge in [-0.05, 0) is 12.5 Å². The summed E-state index contributed by atoms with van der Waals surface area (Å²) >= 11 is 4.79. The van der Waals surface area contributed by atoms with Crippen LogP contribution in [0.15, 0.2) is 6.07 Å². The third-order valence-corrected chi connectivity index (χ3v) is 2.96. The molecule has 0 aliphatic rings. The summed E-state index contributed by atoms with van der Waals surface area (Å²) in [6.45, 7) is 1.38. The van der Waals surface area contributed by atoms with Crippen molar-refractivity contribution in [3.63, 3.8) is 0 Å². The predicted molar refractivity (Wildman–Crippen MR) is 59.7 cm³/mol. The van der Waals surface area contributed by atoms with Crippen LogP contribution in [0.4, 0.5) is 0 Å². The fraction of sp³-hybridized carbons (Fsp3) is 0.444. The minimum Gasteiger partial charge on any atom is -0.492 e. The Kier molecular flexibility index (Phi) is 4.41. The molecular weight excluding hydrogens is 268 g/mol. The average Bonchev–Trinajstić information content (AvgIpc) is 2.47. The number of carbonyl (C=O) groups is 1. The molecule has 0 aliphatic heterocycles. The van der Waals surface area contributed by atoms with Crippen molar-refractivity contribution < 1.29 is 14.3 Å². The number of methoxy groups -OCH3 is 1. The van der Waals surface area contributed by atoms with Crippen LogP contribution in [-0.4, -0.2) is 18.4 Å². The lowest BCUT2D eigenvalue weighted by molar-refractivity contribution is -0.131. The van der Waals surface area contributed by atoms with Crippen LogP contribution < -0.4 is 9.47 Å². The Morgan fingerprint density at radius 2 is 2.36 bits per heavy atom. The number of aryl methyl sites for hydroxylation is 1. The number of carbonyl (C=O) groups excluding carboxylic acids is 1. The van der Waals surface area contributed by atoms with E-state index in [-0.39, 0.29) is 5.97 Å². The van der Waals surface area contributed by atoms with Gasteiger partial charge in [-0.3, -0.25) is 4.79 Å². The van der Waals surface area contributed by atoms with Gasteiger partial charge in [0.1, 0.15) is 0 Å². The molecule has 0 spiro atoms. The highest BCUT2D eigenvalue weighted by molar-refractivity contribution is 9.09. The number of ether oxygens (including phenoxy) is 2. The molecule has 0 saturated carbocycles. The lowest BCUT2D eigenvalue weighted by Crippen LogP contribution is -2.00. The molecule has 0 amide bonds. The minimum absolute atomic E-state index is 0.324. The van der Waals surface area contributed by atoms with Crippen molar-refractivity contribution in [3.05, 3.63) is 10.9 Å². The summed E-state index contributed by atoms with van der Waals surface area (Å²) in [5.41, 5.74) is 0. The molecule has 0 atom stereocenters. The second-order valence-electron chi connectivity index (χ2n) is 2.60. The van der Waals surface area contributed by atoms with Crippen molar-refractivity contribution in [2.75, 3.05) is 12.4 Å². The second-order valence-corrected chi connectivity index (χ2v) is 4.49. The van der Waals surface area contributed by atoms with Crippen LogP contribution in [0.2, 0.25) is 0 Å². The van der Waals surface area contributed by atoms with Gasteiger partial charge in [-0.1, -0.05) is 27.3 Å².